The van der Waals surface area contributed by atoms with Crippen LogP contribution in [0.25, 0.3) is 11.5 Å². The molecular formula is C14H16ClN3OS. The van der Waals surface area contributed by atoms with Crippen molar-refractivity contribution in [1.29, 1.82) is 0 Å². The Morgan fingerprint density at radius 1 is 1.25 bits per heavy atom. The Bertz CT molecular complexity index is 552. The summed E-state index contributed by atoms with van der Waals surface area (Å²) in [6, 6.07) is 7.96. The van der Waals surface area contributed by atoms with E-state index in [1.807, 2.05) is 24.3 Å². The zero-order valence-corrected chi connectivity index (χ0v) is 12.6. The van der Waals surface area contributed by atoms with Gasteiger partial charge in [0.05, 0.1) is 0 Å². The lowest BCUT2D eigenvalue weighted by Gasteiger charge is -2.22. The molecule has 0 bridgehead atoms. The molecule has 1 unspecified atom stereocenters. The quantitative estimate of drug-likeness (QED) is 0.874. The SMILES string of the molecule is Clc1ccc(-c2nnc(SCC3CCCCN3)o2)cc1. The number of hydrogen-bond donors (Lipinski definition) is 1. The largest absolute Gasteiger partial charge is 0.411 e. The number of benzene rings is 1. The highest BCUT2D eigenvalue weighted by Crippen LogP contribution is 2.25. The highest BCUT2D eigenvalue weighted by molar-refractivity contribution is 7.99. The third-order valence-electron chi connectivity index (χ3n) is 3.32. The number of rotatable bonds is 4. The molecule has 3 rings (SSSR count). The van der Waals surface area contributed by atoms with E-state index in [1.165, 1.54) is 19.3 Å². The first-order valence-corrected chi connectivity index (χ1v) is 8.13. The minimum absolute atomic E-state index is 0.542. The average Bonchev–Trinajstić information content (AvgIpc) is 2.96. The van der Waals surface area contributed by atoms with Crippen molar-refractivity contribution in [2.45, 2.75) is 30.5 Å². The number of piperidine rings is 1. The minimum Gasteiger partial charge on any atom is -0.411 e. The molecule has 6 heteroatoms. The molecule has 1 aliphatic rings. The van der Waals surface area contributed by atoms with Crippen LogP contribution in [-0.4, -0.2) is 28.5 Å². The van der Waals surface area contributed by atoms with Gasteiger partial charge in [-0.1, -0.05) is 29.8 Å². The van der Waals surface area contributed by atoms with Gasteiger partial charge in [-0.25, -0.2) is 0 Å². The topological polar surface area (TPSA) is 51.0 Å². The van der Waals surface area contributed by atoms with E-state index in [4.69, 9.17) is 16.0 Å². The summed E-state index contributed by atoms with van der Waals surface area (Å²) in [5.41, 5.74) is 0.893. The molecular weight excluding hydrogens is 294 g/mol. The molecule has 1 saturated heterocycles. The van der Waals surface area contributed by atoms with Crippen LogP contribution in [0.5, 0.6) is 0 Å². The van der Waals surface area contributed by atoms with E-state index < -0.39 is 0 Å². The lowest BCUT2D eigenvalue weighted by Crippen LogP contribution is -2.35. The molecule has 106 valence electrons. The maximum atomic E-state index is 5.86. The lowest BCUT2D eigenvalue weighted by atomic mass is 10.1. The third kappa shape index (κ3) is 3.53. The van der Waals surface area contributed by atoms with E-state index in [0.29, 0.717) is 22.2 Å². The lowest BCUT2D eigenvalue weighted by molar-refractivity contribution is 0.426. The predicted molar refractivity (Wildman–Crippen MR) is 81.1 cm³/mol. The molecule has 0 saturated carbocycles. The van der Waals surface area contributed by atoms with E-state index in [2.05, 4.69) is 15.5 Å². The van der Waals surface area contributed by atoms with Crippen LogP contribution in [0.1, 0.15) is 19.3 Å². The van der Waals surface area contributed by atoms with Crippen LogP contribution in [0, 0.1) is 0 Å². The van der Waals surface area contributed by atoms with Crippen molar-refractivity contribution < 1.29 is 4.42 Å². The maximum Gasteiger partial charge on any atom is 0.276 e. The number of nitrogens with zero attached hydrogens (tertiary/aromatic N) is 2. The molecule has 1 aromatic carbocycles. The Labute approximate surface area is 127 Å². The van der Waals surface area contributed by atoms with Gasteiger partial charge in [0.15, 0.2) is 0 Å². The van der Waals surface area contributed by atoms with E-state index in [9.17, 15) is 0 Å². The minimum atomic E-state index is 0.542. The monoisotopic (exact) mass is 309 g/mol. The smallest absolute Gasteiger partial charge is 0.276 e. The number of nitrogens with one attached hydrogen (secondary N) is 1. The van der Waals surface area contributed by atoms with Crippen LogP contribution >= 0.6 is 23.4 Å². The molecule has 0 radical (unpaired) electrons. The van der Waals surface area contributed by atoms with E-state index in [0.717, 1.165) is 17.9 Å². The van der Waals surface area contributed by atoms with Gasteiger partial charge in [-0.15, -0.1) is 10.2 Å². The maximum absolute atomic E-state index is 5.86. The summed E-state index contributed by atoms with van der Waals surface area (Å²) in [4.78, 5) is 0. The molecule has 2 aromatic rings. The summed E-state index contributed by atoms with van der Waals surface area (Å²) in [5.74, 6) is 1.52. The first-order chi connectivity index (χ1) is 9.81. The summed E-state index contributed by atoms with van der Waals surface area (Å²) in [6.07, 6.45) is 3.81. The second kappa shape index (κ2) is 6.61. The summed E-state index contributed by atoms with van der Waals surface area (Å²) in [5, 5.41) is 13.0. The van der Waals surface area contributed by atoms with Gasteiger partial charge in [-0.3, -0.25) is 0 Å². The van der Waals surface area contributed by atoms with Gasteiger partial charge in [0.1, 0.15) is 0 Å². The first-order valence-electron chi connectivity index (χ1n) is 6.77. The van der Waals surface area contributed by atoms with Gasteiger partial charge >= 0.3 is 0 Å². The molecule has 20 heavy (non-hydrogen) atoms. The Kier molecular flexibility index (Phi) is 4.60. The average molecular weight is 310 g/mol. The van der Waals surface area contributed by atoms with Crippen molar-refractivity contribution in [2.24, 2.45) is 0 Å². The van der Waals surface area contributed by atoms with Crippen molar-refractivity contribution in [2.75, 3.05) is 12.3 Å². The fourth-order valence-corrected chi connectivity index (χ4v) is 3.21. The Balaban J connectivity index is 1.60. The normalized spacial score (nSPS) is 19.1. The van der Waals surface area contributed by atoms with Crippen LogP contribution in [0.2, 0.25) is 5.02 Å². The summed E-state index contributed by atoms with van der Waals surface area (Å²) in [7, 11) is 0. The highest BCUT2D eigenvalue weighted by Gasteiger charge is 2.15. The number of halogens is 1. The zero-order chi connectivity index (χ0) is 13.8. The summed E-state index contributed by atoms with van der Waals surface area (Å²) >= 11 is 7.48. The highest BCUT2D eigenvalue weighted by atomic mass is 35.5. The summed E-state index contributed by atoms with van der Waals surface area (Å²) < 4.78 is 5.67. The molecule has 1 aromatic heterocycles. The number of aromatic nitrogens is 2. The molecule has 1 fully saturated rings. The van der Waals surface area contributed by atoms with Crippen molar-refractivity contribution >= 4 is 23.4 Å². The molecule has 0 spiro atoms. The molecule has 0 amide bonds. The second-order valence-corrected chi connectivity index (χ2v) is 6.25. The molecule has 1 aliphatic heterocycles. The van der Waals surface area contributed by atoms with E-state index in [1.54, 1.807) is 11.8 Å². The third-order valence-corrected chi connectivity index (χ3v) is 4.55. The second-order valence-electron chi connectivity index (χ2n) is 4.84. The zero-order valence-electron chi connectivity index (χ0n) is 11.0. The number of hydrogen-bond acceptors (Lipinski definition) is 5. The van der Waals surface area contributed by atoms with Gasteiger partial charge in [0.2, 0.25) is 5.89 Å². The van der Waals surface area contributed by atoms with Crippen molar-refractivity contribution in [3.05, 3.63) is 29.3 Å². The Morgan fingerprint density at radius 3 is 2.85 bits per heavy atom. The fraction of sp³-hybridized carbons (Fsp3) is 0.429. The van der Waals surface area contributed by atoms with Crippen molar-refractivity contribution in [3.63, 3.8) is 0 Å². The van der Waals surface area contributed by atoms with Crippen LogP contribution < -0.4 is 5.32 Å². The Morgan fingerprint density at radius 2 is 2.10 bits per heavy atom. The van der Waals surface area contributed by atoms with Gasteiger partial charge in [0, 0.05) is 22.4 Å². The van der Waals surface area contributed by atoms with Crippen molar-refractivity contribution in [3.8, 4) is 11.5 Å². The predicted octanol–water partition coefficient (Wildman–Crippen LogP) is 3.62. The van der Waals surface area contributed by atoms with E-state index >= 15 is 0 Å². The molecule has 2 heterocycles. The van der Waals surface area contributed by atoms with E-state index in [-0.39, 0.29) is 0 Å². The molecule has 4 nitrogen and oxygen atoms in total. The first kappa shape index (κ1) is 13.9. The fourth-order valence-electron chi connectivity index (χ4n) is 2.22. The van der Waals surface area contributed by atoms with Crippen LogP contribution in [0.4, 0.5) is 0 Å². The molecule has 1 N–H and O–H groups in total. The number of thioether (sulfide) groups is 1. The standard InChI is InChI=1S/C14H16ClN3OS/c15-11-6-4-10(5-7-11)13-17-18-14(19-13)20-9-12-3-1-2-8-16-12/h4-7,12,16H,1-3,8-9H2. The van der Waals surface area contributed by atoms with Crippen LogP contribution in [0.3, 0.4) is 0 Å². The van der Waals surface area contributed by atoms with Crippen LogP contribution in [-0.2, 0) is 0 Å². The van der Waals surface area contributed by atoms with Gasteiger partial charge in [-0.05, 0) is 43.7 Å². The molecule has 1 atom stereocenters. The van der Waals surface area contributed by atoms with Crippen LogP contribution in [0.15, 0.2) is 33.9 Å². The van der Waals surface area contributed by atoms with Gasteiger partial charge in [0.25, 0.3) is 5.22 Å². The van der Waals surface area contributed by atoms with Gasteiger partial charge in [-0.2, -0.15) is 0 Å². The Hall–Kier alpha value is -1.04. The molecule has 0 aliphatic carbocycles. The summed E-state index contributed by atoms with van der Waals surface area (Å²) in [6.45, 7) is 1.12. The van der Waals surface area contributed by atoms with Gasteiger partial charge < -0.3 is 9.73 Å². The van der Waals surface area contributed by atoms with Crippen molar-refractivity contribution in [1.82, 2.24) is 15.5 Å².